The molecule has 0 bridgehead atoms. The predicted octanol–water partition coefficient (Wildman–Crippen LogP) is 3.28. The summed E-state index contributed by atoms with van der Waals surface area (Å²) >= 11 is 0. The third-order valence-corrected chi connectivity index (χ3v) is 7.46. The number of fused-ring (bicyclic) bond motifs is 2. The van der Waals surface area contributed by atoms with Crippen LogP contribution in [-0.2, 0) is 17.8 Å². The molecule has 8 nitrogen and oxygen atoms in total. The average molecular weight is 503 g/mol. The number of aromatic nitrogens is 1. The van der Waals surface area contributed by atoms with Gasteiger partial charge in [0.05, 0.1) is 25.7 Å². The molecule has 2 aromatic carbocycles. The molecule has 8 heteroatoms. The molecule has 5 rings (SSSR count). The molecule has 0 aliphatic carbocycles. The molecule has 0 spiro atoms. The second kappa shape index (κ2) is 11.2. The highest BCUT2D eigenvalue weighted by molar-refractivity contribution is 5.97. The van der Waals surface area contributed by atoms with Crippen LogP contribution in [0.3, 0.4) is 0 Å². The quantitative estimate of drug-likeness (QED) is 0.534. The molecule has 194 valence electrons. The molecule has 1 atom stereocenters. The van der Waals surface area contributed by atoms with E-state index in [4.69, 9.17) is 9.47 Å². The molecular weight excluding hydrogens is 468 g/mol. The lowest BCUT2D eigenvalue weighted by molar-refractivity contribution is -0.138. The van der Waals surface area contributed by atoms with E-state index in [0.717, 1.165) is 67.7 Å². The number of hydrogen-bond acceptors (Lipinski definition) is 6. The Kier molecular flexibility index (Phi) is 7.55. The predicted molar refractivity (Wildman–Crippen MR) is 142 cm³/mol. The maximum Gasteiger partial charge on any atom is 0.251 e. The summed E-state index contributed by atoms with van der Waals surface area (Å²) in [5.74, 6) is 1.54. The third kappa shape index (κ3) is 5.54. The monoisotopic (exact) mass is 502 g/mol. The Morgan fingerprint density at radius 3 is 2.68 bits per heavy atom. The first-order valence-corrected chi connectivity index (χ1v) is 12.9. The number of pyridine rings is 1. The number of carbonyl (C=O) groups excluding carboxylic acids is 2. The Balaban J connectivity index is 1.14. The highest BCUT2D eigenvalue weighted by atomic mass is 16.5. The fourth-order valence-corrected chi connectivity index (χ4v) is 5.44. The SMILES string of the molecule is COc1cc2c(cc1OC)CN(C(=O)C1CCCN(CCNC(=O)c3ccc4ncccc4c3)C1)CC2. The largest absolute Gasteiger partial charge is 0.493 e. The standard InChI is InChI=1S/C29H34N4O4/c1-36-26-16-20-9-13-33(19-24(20)17-27(26)37-2)29(35)23-6-4-12-32(18-23)14-11-31-28(34)22-7-8-25-21(15-22)5-3-10-30-25/h3,5,7-8,10,15-17,23H,4,6,9,11-14,18-19H2,1-2H3,(H,31,34). The number of amides is 2. The van der Waals surface area contributed by atoms with E-state index < -0.39 is 0 Å². The molecule has 1 N–H and O–H groups in total. The zero-order valence-corrected chi connectivity index (χ0v) is 21.5. The van der Waals surface area contributed by atoms with Gasteiger partial charge in [0.15, 0.2) is 11.5 Å². The third-order valence-electron chi connectivity index (χ3n) is 7.46. The summed E-state index contributed by atoms with van der Waals surface area (Å²) in [6.45, 7) is 4.26. The molecule has 1 aromatic heterocycles. The van der Waals surface area contributed by atoms with Crippen LogP contribution in [0.25, 0.3) is 10.9 Å². The molecule has 1 saturated heterocycles. The molecule has 2 amide bonds. The minimum Gasteiger partial charge on any atom is -0.493 e. The number of nitrogens with one attached hydrogen (secondary N) is 1. The Labute approximate surface area is 217 Å². The van der Waals surface area contributed by atoms with E-state index in [1.807, 2.05) is 47.4 Å². The number of hydrogen-bond donors (Lipinski definition) is 1. The van der Waals surface area contributed by atoms with E-state index in [1.165, 1.54) is 5.56 Å². The van der Waals surface area contributed by atoms with Gasteiger partial charge in [0.2, 0.25) is 5.91 Å². The van der Waals surface area contributed by atoms with Crippen LogP contribution in [0.4, 0.5) is 0 Å². The minimum absolute atomic E-state index is 0.0147. The minimum atomic E-state index is -0.0885. The smallest absolute Gasteiger partial charge is 0.251 e. The highest BCUT2D eigenvalue weighted by Crippen LogP contribution is 2.34. The molecule has 3 heterocycles. The van der Waals surface area contributed by atoms with Crippen molar-refractivity contribution in [3.05, 3.63) is 65.4 Å². The Bertz CT molecular complexity index is 1290. The summed E-state index contributed by atoms with van der Waals surface area (Å²) in [6, 6.07) is 13.4. The van der Waals surface area contributed by atoms with Crippen LogP contribution in [0.1, 0.15) is 34.3 Å². The van der Waals surface area contributed by atoms with Crippen molar-refractivity contribution in [2.45, 2.75) is 25.8 Å². The summed E-state index contributed by atoms with van der Waals surface area (Å²) in [4.78, 5) is 34.7. The van der Waals surface area contributed by atoms with Gasteiger partial charge in [-0.05, 0) is 73.3 Å². The molecule has 2 aliphatic heterocycles. The molecule has 3 aromatic rings. The van der Waals surface area contributed by atoms with Crippen LogP contribution >= 0.6 is 0 Å². The van der Waals surface area contributed by atoms with Crippen molar-refractivity contribution < 1.29 is 19.1 Å². The zero-order valence-electron chi connectivity index (χ0n) is 21.5. The molecule has 1 unspecified atom stereocenters. The van der Waals surface area contributed by atoms with Crippen molar-refractivity contribution >= 4 is 22.7 Å². The van der Waals surface area contributed by atoms with Crippen LogP contribution in [0.5, 0.6) is 11.5 Å². The van der Waals surface area contributed by atoms with Crippen molar-refractivity contribution in [2.75, 3.05) is 46.9 Å². The highest BCUT2D eigenvalue weighted by Gasteiger charge is 2.31. The van der Waals surface area contributed by atoms with Gasteiger partial charge in [0.1, 0.15) is 0 Å². The fraction of sp³-hybridized carbons (Fsp3) is 0.414. The van der Waals surface area contributed by atoms with E-state index in [2.05, 4.69) is 15.2 Å². The normalized spacial score (nSPS) is 17.8. The molecule has 1 fully saturated rings. The molecule has 2 aliphatic rings. The van der Waals surface area contributed by atoms with Gasteiger partial charge in [-0.15, -0.1) is 0 Å². The fourth-order valence-electron chi connectivity index (χ4n) is 5.44. The first kappa shape index (κ1) is 25.0. The van der Waals surface area contributed by atoms with Gasteiger partial charge in [-0.3, -0.25) is 14.6 Å². The molecule has 0 radical (unpaired) electrons. The van der Waals surface area contributed by atoms with Crippen molar-refractivity contribution in [3.8, 4) is 11.5 Å². The van der Waals surface area contributed by atoms with Gasteiger partial charge < -0.3 is 24.6 Å². The lowest BCUT2D eigenvalue weighted by Gasteiger charge is -2.37. The van der Waals surface area contributed by atoms with Crippen LogP contribution in [-0.4, -0.2) is 73.5 Å². The summed E-state index contributed by atoms with van der Waals surface area (Å²) in [6.07, 6.45) is 4.45. The lowest BCUT2D eigenvalue weighted by Crippen LogP contribution is -2.47. The summed E-state index contributed by atoms with van der Waals surface area (Å²) in [5.41, 5.74) is 3.84. The van der Waals surface area contributed by atoms with Gasteiger partial charge in [-0.25, -0.2) is 0 Å². The molecule has 37 heavy (non-hydrogen) atoms. The number of ether oxygens (including phenoxy) is 2. The van der Waals surface area contributed by atoms with Crippen molar-refractivity contribution in [2.24, 2.45) is 5.92 Å². The number of benzene rings is 2. The zero-order chi connectivity index (χ0) is 25.8. The van der Waals surface area contributed by atoms with E-state index in [9.17, 15) is 9.59 Å². The number of likely N-dealkylation sites (tertiary alicyclic amines) is 1. The summed E-state index contributed by atoms with van der Waals surface area (Å²) in [7, 11) is 3.28. The van der Waals surface area contributed by atoms with Crippen molar-refractivity contribution in [3.63, 3.8) is 0 Å². The number of rotatable bonds is 7. The lowest BCUT2D eigenvalue weighted by atomic mass is 9.93. The summed E-state index contributed by atoms with van der Waals surface area (Å²) in [5, 5.41) is 3.98. The molecule has 0 saturated carbocycles. The maximum atomic E-state index is 13.4. The van der Waals surface area contributed by atoms with Gasteiger partial charge in [0, 0.05) is 49.9 Å². The van der Waals surface area contributed by atoms with Gasteiger partial charge in [-0.1, -0.05) is 6.07 Å². The average Bonchev–Trinajstić information content (AvgIpc) is 2.95. The topological polar surface area (TPSA) is 84.0 Å². The summed E-state index contributed by atoms with van der Waals surface area (Å²) < 4.78 is 10.9. The number of nitrogens with zero attached hydrogens (tertiary/aromatic N) is 3. The first-order valence-electron chi connectivity index (χ1n) is 12.9. The second-order valence-corrected chi connectivity index (χ2v) is 9.79. The van der Waals surface area contributed by atoms with E-state index in [1.54, 1.807) is 20.4 Å². The van der Waals surface area contributed by atoms with E-state index in [-0.39, 0.29) is 17.7 Å². The van der Waals surface area contributed by atoms with Crippen molar-refractivity contribution in [1.29, 1.82) is 0 Å². The van der Waals surface area contributed by atoms with Crippen LogP contribution in [0.15, 0.2) is 48.7 Å². The van der Waals surface area contributed by atoms with Gasteiger partial charge in [0.25, 0.3) is 5.91 Å². The van der Waals surface area contributed by atoms with Crippen molar-refractivity contribution in [1.82, 2.24) is 20.1 Å². The van der Waals surface area contributed by atoms with Crippen LogP contribution in [0, 0.1) is 5.92 Å². The number of piperidine rings is 1. The maximum absolute atomic E-state index is 13.4. The number of methoxy groups -OCH3 is 2. The van der Waals surface area contributed by atoms with E-state index >= 15 is 0 Å². The molecular formula is C29H34N4O4. The Morgan fingerprint density at radius 1 is 1.05 bits per heavy atom. The Hall–Kier alpha value is -3.65. The second-order valence-electron chi connectivity index (χ2n) is 9.79. The van der Waals surface area contributed by atoms with Crippen LogP contribution in [0.2, 0.25) is 0 Å². The van der Waals surface area contributed by atoms with Gasteiger partial charge in [-0.2, -0.15) is 0 Å². The first-order chi connectivity index (χ1) is 18.1. The van der Waals surface area contributed by atoms with Crippen LogP contribution < -0.4 is 14.8 Å². The van der Waals surface area contributed by atoms with E-state index in [0.29, 0.717) is 24.4 Å². The van der Waals surface area contributed by atoms with Gasteiger partial charge >= 0.3 is 0 Å². The Morgan fingerprint density at radius 2 is 1.86 bits per heavy atom. The number of carbonyl (C=O) groups is 2.